The fourth-order valence-corrected chi connectivity index (χ4v) is 5.11. The van der Waals surface area contributed by atoms with E-state index in [2.05, 4.69) is 0 Å². The van der Waals surface area contributed by atoms with Gasteiger partial charge in [-0.25, -0.2) is 0 Å². The fourth-order valence-electron chi connectivity index (χ4n) is 2.47. The average molecular weight is 402 g/mol. The van der Waals surface area contributed by atoms with Crippen LogP contribution >= 0.6 is 0 Å². The van der Waals surface area contributed by atoms with Crippen molar-refractivity contribution in [2.24, 2.45) is 11.7 Å². The van der Waals surface area contributed by atoms with Gasteiger partial charge in [-0.05, 0) is 29.8 Å². The van der Waals surface area contributed by atoms with E-state index in [-0.39, 0.29) is 11.4 Å². The minimum absolute atomic E-state index is 0.166. The molecule has 0 fully saturated rings. The molecule has 12 heteroatoms. The highest BCUT2D eigenvalue weighted by atomic mass is 32.3. The summed E-state index contributed by atoms with van der Waals surface area (Å²) in [5, 5.41) is 10.6. The highest BCUT2D eigenvalue weighted by Gasteiger charge is 2.58. The molecule has 1 aromatic rings. The highest BCUT2D eigenvalue weighted by Crippen LogP contribution is 2.39. The van der Waals surface area contributed by atoms with Crippen LogP contribution in [0, 0.1) is 16.0 Å². The molecule has 0 aromatic heterocycles. The summed E-state index contributed by atoms with van der Waals surface area (Å²) in [5.74, 6) is -1.50. The SMILES string of the molecule is NC1=CC(S(=O)(=O)O)(S(=O)(=O)O)C(C=Cc2ccc([N+](=O)[O-])cc2)C=C1. The smallest absolute Gasteiger partial charge is 0.292 e. The number of allylic oxidation sites excluding steroid dienone is 3. The maximum absolute atomic E-state index is 11.8. The van der Waals surface area contributed by atoms with Crippen LogP contribution in [0.5, 0.6) is 0 Å². The first-order chi connectivity index (χ1) is 11.9. The van der Waals surface area contributed by atoms with Gasteiger partial charge in [-0.3, -0.25) is 19.2 Å². The standard InChI is InChI=1S/C14H14N2O8S2/c15-12-6-5-11(14(9-12,25(19,20)21)26(22,23)24)4-1-10-2-7-13(8-3-10)16(17)18/h1-9,11H,15H2,(H,19,20,21)(H,22,23,24). The lowest BCUT2D eigenvalue weighted by molar-refractivity contribution is -0.384. The molecule has 1 aromatic carbocycles. The van der Waals surface area contributed by atoms with Crippen molar-refractivity contribution >= 4 is 32.0 Å². The number of hydrogen-bond acceptors (Lipinski definition) is 7. The molecule has 26 heavy (non-hydrogen) atoms. The Hall–Kier alpha value is -2.54. The van der Waals surface area contributed by atoms with Crippen LogP contribution in [0.4, 0.5) is 5.69 Å². The van der Waals surface area contributed by atoms with Gasteiger partial charge in [0.05, 0.1) is 4.92 Å². The summed E-state index contributed by atoms with van der Waals surface area (Å²) in [6, 6.07) is 5.11. The molecule has 0 bridgehead atoms. The minimum Gasteiger partial charge on any atom is -0.399 e. The van der Waals surface area contributed by atoms with Gasteiger partial charge in [0.2, 0.25) is 0 Å². The molecule has 2 rings (SSSR count). The number of non-ortho nitro benzene ring substituents is 1. The Kier molecular flexibility index (Phi) is 5.05. The number of hydrogen-bond donors (Lipinski definition) is 3. The summed E-state index contributed by atoms with van der Waals surface area (Å²) in [4.78, 5) is 10.0. The Morgan fingerprint density at radius 2 is 1.65 bits per heavy atom. The van der Waals surface area contributed by atoms with Crippen molar-refractivity contribution in [3.8, 4) is 0 Å². The van der Waals surface area contributed by atoms with E-state index in [1.165, 1.54) is 36.4 Å². The van der Waals surface area contributed by atoms with E-state index < -0.39 is 35.2 Å². The Morgan fingerprint density at radius 1 is 1.12 bits per heavy atom. The molecule has 0 saturated heterocycles. The van der Waals surface area contributed by atoms with Gasteiger partial charge >= 0.3 is 0 Å². The first-order valence-electron chi connectivity index (χ1n) is 6.92. The number of rotatable bonds is 5. The van der Waals surface area contributed by atoms with Crippen LogP contribution in [0.25, 0.3) is 6.08 Å². The topological polar surface area (TPSA) is 178 Å². The van der Waals surface area contributed by atoms with Crippen LogP contribution in [-0.2, 0) is 20.2 Å². The normalized spacial score (nSPS) is 20.1. The van der Waals surface area contributed by atoms with Crippen LogP contribution in [0.2, 0.25) is 0 Å². The van der Waals surface area contributed by atoms with E-state index in [0.29, 0.717) is 11.6 Å². The maximum atomic E-state index is 11.8. The molecular weight excluding hydrogens is 388 g/mol. The predicted molar refractivity (Wildman–Crippen MR) is 92.9 cm³/mol. The number of nitrogens with zero attached hydrogens (tertiary/aromatic N) is 1. The number of benzene rings is 1. The third kappa shape index (κ3) is 3.53. The van der Waals surface area contributed by atoms with E-state index in [9.17, 15) is 36.1 Å². The van der Waals surface area contributed by atoms with Gasteiger partial charge in [0, 0.05) is 23.7 Å². The van der Waals surface area contributed by atoms with Crippen molar-refractivity contribution in [3.05, 3.63) is 69.9 Å². The lowest BCUT2D eigenvalue weighted by Gasteiger charge is -2.31. The summed E-state index contributed by atoms with van der Waals surface area (Å²) < 4.78 is 63.2. The summed E-state index contributed by atoms with van der Waals surface area (Å²) >= 11 is 0. The quantitative estimate of drug-likeness (QED) is 0.369. The molecule has 0 heterocycles. The molecule has 140 valence electrons. The summed E-state index contributed by atoms with van der Waals surface area (Å²) in [7, 11) is -10.7. The van der Waals surface area contributed by atoms with Gasteiger partial charge in [0.25, 0.3) is 30.0 Å². The number of nitro benzene ring substituents is 1. The summed E-state index contributed by atoms with van der Waals surface area (Å²) in [6.07, 6.45) is 5.27. The van der Waals surface area contributed by atoms with E-state index in [1.807, 2.05) is 0 Å². The van der Waals surface area contributed by atoms with E-state index in [4.69, 9.17) is 5.73 Å². The molecule has 1 unspecified atom stereocenters. The average Bonchev–Trinajstić information content (AvgIpc) is 2.51. The fraction of sp³-hybridized carbons (Fsp3) is 0.143. The monoisotopic (exact) mass is 402 g/mol. The largest absolute Gasteiger partial charge is 0.399 e. The second-order valence-electron chi connectivity index (χ2n) is 5.41. The van der Waals surface area contributed by atoms with Gasteiger partial charge < -0.3 is 5.73 Å². The molecule has 0 aliphatic heterocycles. The van der Waals surface area contributed by atoms with Crippen molar-refractivity contribution < 1.29 is 30.9 Å². The summed E-state index contributed by atoms with van der Waals surface area (Å²) in [6.45, 7) is 0. The minimum atomic E-state index is -5.34. The molecule has 1 aliphatic carbocycles. The van der Waals surface area contributed by atoms with Crippen molar-refractivity contribution in [3.63, 3.8) is 0 Å². The van der Waals surface area contributed by atoms with Crippen molar-refractivity contribution in [1.29, 1.82) is 0 Å². The number of nitro groups is 1. The lowest BCUT2D eigenvalue weighted by atomic mass is 9.96. The molecule has 0 saturated carbocycles. The molecule has 1 atom stereocenters. The van der Waals surface area contributed by atoms with Crippen LogP contribution in [0.15, 0.2) is 54.3 Å². The highest BCUT2D eigenvalue weighted by molar-refractivity contribution is 8.05. The molecule has 0 radical (unpaired) electrons. The first-order valence-corrected chi connectivity index (χ1v) is 9.80. The third-order valence-electron chi connectivity index (χ3n) is 3.73. The van der Waals surface area contributed by atoms with Crippen LogP contribution in [0.3, 0.4) is 0 Å². The number of nitrogens with two attached hydrogens (primary N) is 1. The Labute approximate surface area is 149 Å². The lowest BCUT2D eigenvalue weighted by Crippen LogP contribution is -2.50. The molecule has 0 spiro atoms. The van der Waals surface area contributed by atoms with Crippen LogP contribution in [-0.4, -0.2) is 34.9 Å². The summed E-state index contributed by atoms with van der Waals surface area (Å²) in [5.41, 5.74) is 5.40. The van der Waals surface area contributed by atoms with E-state index >= 15 is 0 Å². The van der Waals surface area contributed by atoms with Gasteiger partial charge in [-0.1, -0.05) is 18.2 Å². The van der Waals surface area contributed by atoms with Gasteiger partial charge in [-0.15, -0.1) is 0 Å². The molecule has 4 N–H and O–H groups in total. The Balaban J connectivity index is 2.52. The second-order valence-corrected chi connectivity index (χ2v) is 8.92. The first kappa shape index (κ1) is 19.8. The molecular formula is C14H14N2O8S2. The Morgan fingerprint density at radius 3 is 2.12 bits per heavy atom. The zero-order chi connectivity index (χ0) is 19.8. The maximum Gasteiger partial charge on any atom is 0.292 e. The van der Waals surface area contributed by atoms with Gasteiger partial charge in [0.15, 0.2) is 0 Å². The second kappa shape index (κ2) is 6.64. The van der Waals surface area contributed by atoms with Crippen LogP contribution in [0.1, 0.15) is 5.56 Å². The van der Waals surface area contributed by atoms with Crippen molar-refractivity contribution in [1.82, 2.24) is 0 Å². The van der Waals surface area contributed by atoms with Gasteiger partial charge in [0.1, 0.15) is 0 Å². The van der Waals surface area contributed by atoms with Crippen molar-refractivity contribution in [2.75, 3.05) is 0 Å². The van der Waals surface area contributed by atoms with E-state index in [1.54, 1.807) is 0 Å². The zero-order valence-corrected chi connectivity index (χ0v) is 14.6. The van der Waals surface area contributed by atoms with Crippen LogP contribution < -0.4 is 5.73 Å². The molecule has 1 aliphatic rings. The van der Waals surface area contributed by atoms with Crippen molar-refractivity contribution in [2.45, 2.75) is 4.08 Å². The predicted octanol–water partition coefficient (Wildman–Crippen LogP) is 1.11. The van der Waals surface area contributed by atoms with Gasteiger partial charge in [-0.2, -0.15) is 16.8 Å². The zero-order valence-electron chi connectivity index (χ0n) is 13.0. The molecule has 10 nitrogen and oxygen atoms in total. The van der Waals surface area contributed by atoms with E-state index in [0.717, 1.165) is 12.2 Å². The molecule has 0 amide bonds. The Bertz CT molecular complexity index is 989. The third-order valence-corrected chi connectivity index (χ3v) is 7.39.